The fraction of sp³-hybridized carbons (Fsp3) is 0.381. The van der Waals surface area contributed by atoms with E-state index >= 15 is 0 Å². The minimum absolute atomic E-state index is 0.126. The molecule has 0 bridgehead atoms. The monoisotopic (exact) mass is 404 g/mol. The van der Waals surface area contributed by atoms with E-state index in [1.165, 1.54) is 26.2 Å². The summed E-state index contributed by atoms with van der Waals surface area (Å²) in [6.07, 6.45) is 0.971. The van der Waals surface area contributed by atoms with Gasteiger partial charge >= 0.3 is 0 Å². The van der Waals surface area contributed by atoms with Crippen molar-refractivity contribution in [2.24, 2.45) is 0 Å². The summed E-state index contributed by atoms with van der Waals surface area (Å²) in [6.45, 7) is 5.87. The molecule has 2 rings (SSSR count). The summed E-state index contributed by atoms with van der Waals surface area (Å²) in [7, 11) is -0.638. The first kappa shape index (κ1) is 21.9. The lowest BCUT2D eigenvalue weighted by Gasteiger charge is -2.16. The highest BCUT2D eigenvalue weighted by Crippen LogP contribution is 2.28. The van der Waals surface area contributed by atoms with Gasteiger partial charge in [-0.25, -0.2) is 12.7 Å². The molecule has 0 fully saturated rings. The minimum atomic E-state index is -3.57. The van der Waals surface area contributed by atoms with E-state index in [1.54, 1.807) is 13.0 Å². The Morgan fingerprint density at radius 3 is 2.50 bits per heavy atom. The number of carbonyl (C=O) groups is 1. The van der Waals surface area contributed by atoms with Crippen LogP contribution in [0.4, 0.5) is 5.69 Å². The Morgan fingerprint density at radius 1 is 1.18 bits per heavy atom. The summed E-state index contributed by atoms with van der Waals surface area (Å²) in [5.41, 5.74) is 2.28. The van der Waals surface area contributed by atoms with Crippen LogP contribution in [-0.4, -0.2) is 39.3 Å². The summed E-state index contributed by atoms with van der Waals surface area (Å²) in [6, 6.07) is 12.3. The molecule has 0 aliphatic rings. The summed E-state index contributed by atoms with van der Waals surface area (Å²) >= 11 is 0. The molecule has 1 unspecified atom stereocenters. The Kier molecular flexibility index (Phi) is 7.21. The standard InChI is InChI=1S/C21H28N2O4S/c1-6-15(2)18-9-7-8-10-20(18)27-14-21(24)22-19-13-17(12-11-16(19)3)28(25,26)23(4)5/h7-13,15H,6,14H2,1-5H3,(H,22,24). The first-order valence-corrected chi connectivity index (χ1v) is 10.7. The number of para-hydroxylation sites is 1. The molecule has 6 nitrogen and oxygen atoms in total. The average molecular weight is 405 g/mol. The molecule has 2 aromatic carbocycles. The van der Waals surface area contributed by atoms with Crippen LogP contribution in [0.1, 0.15) is 37.3 Å². The van der Waals surface area contributed by atoms with Gasteiger partial charge in [-0.15, -0.1) is 0 Å². The van der Waals surface area contributed by atoms with E-state index in [4.69, 9.17) is 4.74 Å². The van der Waals surface area contributed by atoms with E-state index < -0.39 is 10.0 Å². The summed E-state index contributed by atoms with van der Waals surface area (Å²) in [5.74, 6) is 0.670. The van der Waals surface area contributed by atoms with Crippen LogP contribution in [0.15, 0.2) is 47.4 Å². The molecule has 0 saturated carbocycles. The molecule has 1 atom stereocenters. The van der Waals surface area contributed by atoms with Gasteiger partial charge in [0.1, 0.15) is 5.75 Å². The van der Waals surface area contributed by atoms with Crippen molar-refractivity contribution < 1.29 is 17.9 Å². The Balaban J connectivity index is 2.13. The third-order valence-electron chi connectivity index (χ3n) is 4.68. The molecular formula is C21H28N2O4S. The molecule has 7 heteroatoms. The molecule has 0 heterocycles. The number of sulfonamides is 1. The van der Waals surface area contributed by atoms with Gasteiger partial charge < -0.3 is 10.1 Å². The molecular weight excluding hydrogens is 376 g/mol. The Hall–Kier alpha value is -2.38. The zero-order chi connectivity index (χ0) is 20.9. The molecule has 0 aliphatic heterocycles. The number of carbonyl (C=O) groups excluding carboxylic acids is 1. The normalized spacial score (nSPS) is 12.6. The van der Waals surface area contributed by atoms with Crippen LogP contribution >= 0.6 is 0 Å². The fourth-order valence-corrected chi connectivity index (χ4v) is 3.60. The zero-order valence-corrected chi connectivity index (χ0v) is 17.8. The number of rotatable bonds is 8. The van der Waals surface area contributed by atoms with Gasteiger partial charge in [0.15, 0.2) is 6.61 Å². The van der Waals surface area contributed by atoms with Crippen molar-refractivity contribution in [1.29, 1.82) is 0 Å². The fourth-order valence-electron chi connectivity index (χ4n) is 2.68. The second-order valence-corrected chi connectivity index (χ2v) is 9.10. The minimum Gasteiger partial charge on any atom is -0.483 e. The highest BCUT2D eigenvalue weighted by molar-refractivity contribution is 7.89. The zero-order valence-electron chi connectivity index (χ0n) is 17.0. The number of anilines is 1. The van der Waals surface area contributed by atoms with E-state index in [0.717, 1.165) is 21.9 Å². The maximum Gasteiger partial charge on any atom is 0.262 e. The number of hydrogen-bond donors (Lipinski definition) is 1. The number of aryl methyl sites for hydroxylation is 1. The number of ether oxygens (including phenoxy) is 1. The van der Waals surface area contributed by atoms with Gasteiger partial charge in [-0.3, -0.25) is 4.79 Å². The van der Waals surface area contributed by atoms with Gasteiger partial charge in [-0.2, -0.15) is 0 Å². The van der Waals surface area contributed by atoms with Crippen molar-refractivity contribution in [3.63, 3.8) is 0 Å². The van der Waals surface area contributed by atoms with E-state index in [1.807, 2.05) is 24.3 Å². The summed E-state index contributed by atoms with van der Waals surface area (Å²) in [5, 5.41) is 2.75. The van der Waals surface area contributed by atoms with Crippen molar-refractivity contribution in [3.8, 4) is 5.75 Å². The molecule has 28 heavy (non-hydrogen) atoms. The van der Waals surface area contributed by atoms with Gasteiger partial charge in [0.2, 0.25) is 10.0 Å². The third kappa shape index (κ3) is 5.11. The van der Waals surface area contributed by atoms with Crippen molar-refractivity contribution in [2.45, 2.75) is 38.0 Å². The van der Waals surface area contributed by atoms with Crippen LogP contribution in [0.2, 0.25) is 0 Å². The highest BCUT2D eigenvalue weighted by Gasteiger charge is 2.19. The molecule has 1 amide bonds. The largest absolute Gasteiger partial charge is 0.483 e. The van der Waals surface area contributed by atoms with Crippen molar-refractivity contribution in [3.05, 3.63) is 53.6 Å². The van der Waals surface area contributed by atoms with Crippen molar-refractivity contribution in [2.75, 3.05) is 26.0 Å². The first-order valence-electron chi connectivity index (χ1n) is 9.21. The number of nitrogens with zero attached hydrogens (tertiary/aromatic N) is 1. The van der Waals surface area contributed by atoms with Crippen LogP contribution in [0.5, 0.6) is 5.75 Å². The van der Waals surface area contributed by atoms with Crippen molar-refractivity contribution in [1.82, 2.24) is 4.31 Å². The maximum absolute atomic E-state index is 12.4. The van der Waals surface area contributed by atoms with Gasteiger partial charge in [0.25, 0.3) is 5.91 Å². The lowest BCUT2D eigenvalue weighted by atomic mass is 9.98. The molecule has 0 radical (unpaired) electrons. The van der Waals surface area contributed by atoms with Crippen molar-refractivity contribution >= 4 is 21.6 Å². The Morgan fingerprint density at radius 2 is 1.86 bits per heavy atom. The smallest absolute Gasteiger partial charge is 0.262 e. The molecule has 0 aliphatic carbocycles. The van der Waals surface area contributed by atoms with Gasteiger partial charge in [-0.1, -0.05) is 38.1 Å². The first-order chi connectivity index (χ1) is 13.2. The predicted molar refractivity (Wildman–Crippen MR) is 111 cm³/mol. The van der Waals surface area contributed by atoms with Crippen LogP contribution < -0.4 is 10.1 Å². The predicted octanol–water partition coefficient (Wildman–Crippen LogP) is 3.78. The summed E-state index contributed by atoms with van der Waals surface area (Å²) in [4.78, 5) is 12.5. The van der Waals surface area contributed by atoms with E-state index in [-0.39, 0.29) is 17.4 Å². The van der Waals surface area contributed by atoms with E-state index in [9.17, 15) is 13.2 Å². The van der Waals surface area contributed by atoms with Gasteiger partial charge in [0.05, 0.1) is 4.90 Å². The van der Waals surface area contributed by atoms with Crippen LogP contribution in [0.25, 0.3) is 0 Å². The van der Waals surface area contributed by atoms with Gasteiger partial charge in [-0.05, 0) is 48.6 Å². The molecule has 0 saturated heterocycles. The van der Waals surface area contributed by atoms with Crippen LogP contribution in [0, 0.1) is 6.92 Å². The summed E-state index contributed by atoms with van der Waals surface area (Å²) < 4.78 is 31.5. The van der Waals surface area contributed by atoms with E-state index in [2.05, 4.69) is 19.2 Å². The second-order valence-electron chi connectivity index (χ2n) is 6.95. The van der Waals surface area contributed by atoms with E-state index in [0.29, 0.717) is 17.4 Å². The molecule has 2 aromatic rings. The lowest BCUT2D eigenvalue weighted by molar-refractivity contribution is -0.118. The number of nitrogens with one attached hydrogen (secondary N) is 1. The lowest BCUT2D eigenvalue weighted by Crippen LogP contribution is -2.23. The molecule has 0 spiro atoms. The topological polar surface area (TPSA) is 75.7 Å². The molecule has 152 valence electrons. The average Bonchev–Trinajstić information content (AvgIpc) is 2.67. The molecule has 1 N–H and O–H groups in total. The van der Waals surface area contributed by atoms with Crippen LogP contribution in [-0.2, 0) is 14.8 Å². The maximum atomic E-state index is 12.4. The molecule has 0 aromatic heterocycles. The third-order valence-corrected chi connectivity index (χ3v) is 6.49. The van der Waals surface area contributed by atoms with Gasteiger partial charge in [0, 0.05) is 19.8 Å². The SMILES string of the molecule is CCC(C)c1ccccc1OCC(=O)Nc1cc(S(=O)(=O)N(C)C)ccc1C. The van der Waals surface area contributed by atoms with Crippen LogP contribution in [0.3, 0.4) is 0 Å². The Bertz CT molecular complexity index is 939. The Labute approximate surface area is 167 Å². The quantitative estimate of drug-likeness (QED) is 0.727. The number of hydrogen-bond acceptors (Lipinski definition) is 4. The number of benzene rings is 2. The highest BCUT2D eigenvalue weighted by atomic mass is 32.2. The second kappa shape index (κ2) is 9.21. The number of amides is 1.